The maximum Gasteiger partial charge on any atom is 0.326 e. The maximum atomic E-state index is 11.6. The third-order valence-electron chi connectivity index (χ3n) is 2.36. The van der Waals surface area contributed by atoms with Crippen molar-refractivity contribution in [1.82, 2.24) is 5.32 Å². The Morgan fingerprint density at radius 1 is 1.47 bits per heavy atom. The highest BCUT2D eigenvalue weighted by Gasteiger charge is 2.17. The standard InChI is InChI=1S/C12H16N2O3/c1-2-10(12(16)17)14-11(15)7-8-4-3-5-9(13)6-8/h3-6,10H,2,7,13H2,1H3,(H,14,15)(H,16,17)/t10-/m1/s1. The highest BCUT2D eigenvalue weighted by Crippen LogP contribution is 2.07. The van der Waals surface area contributed by atoms with E-state index >= 15 is 0 Å². The quantitative estimate of drug-likeness (QED) is 0.659. The van der Waals surface area contributed by atoms with E-state index in [1.165, 1.54) is 0 Å². The number of carboxylic acids is 1. The minimum Gasteiger partial charge on any atom is -0.480 e. The van der Waals surface area contributed by atoms with E-state index in [-0.39, 0.29) is 12.3 Å². The summed E-state index contributed by atoms with van der Waals surface area (Å²) in [5.74, 6) is -1.33. The molecular formula is C12H16N2O3. The predicted molar refractivity (Wildman–Crippen MR) is 64.4 cm³/mol. The number of nitrogen functional groups attached to an aromatic ring is 1. The number of carbonyl (C=O) groups excluding carboxylic acids is 1. The van der Waals surface area contributed by atoms with Crippen molar-refractivity contribution in [2.45, 2.75) is 25.8 Å². The Labute approximate surface area is 99.6 Å². The van der Waals surface area contributed by atoms with Crippen LogP contribution in [-0.4, -0.2) is 23.0 Å². The Hall–Kier alpha value is -2.04. The smallest absolute Gasteiger partial charge is 0.326 e. The van der Waals surface area contributed by atoms with Crippen LogP contribution in [0.4, 0.5) is 5.69 Å². The van der Waals surface area contributed by atoms with Crippen LogP contribution in [0, 0.1) is 0 Å². The number of carboxylic acid groups (broad SMARTS) is 1. The van der Waals surface area contributed by atoms with Crippen molar-refractivity contribution in [1.29, 1.82) is 0 Å². The van der Waals surface area contributed by atoms with Crippen LogP contribution >= 0.6 is 0 Å². The molecule has 0 aliphatic carbocycles. The fourth-order valence-corrected chi connectivity index (χ4v) is 1.47. The Bertz CT molecular complexity index is 418. The van der Waals surface area contributed by atoms with Crippen LogP contribution in [-0.2, 0) is 16.0 Å². The summed E-state index contributed by atoms with van der Waals surface area (Å²) in [5, 5.41) is 11.3. The van der Waals surface area contributed by atoms with E-state index in [1.807, 2.05) is 0 Å². The third kappa shape index (κ3) is 4.14. The Morgan fingerprint density at radius 3 is 2.71 bits per heavy atom. The number of nitrogens with one attached hydrogen (secondary N) is 1. The van der Waals surface area contributed by atoms with Crippen LogP contribution in [0.5, 0.6) is 0 Å². The second kappa shape index (κ2) is 5.89. The molecule has 0 saturated heterocycles. The maximum absolute atomic E-state index is 11.6. The molecule has 1 aromatic rings. The number of hydrogen-bond acceptors (Lipinski definition) is 3. The fraction of sp³-hybridized carbons (Fsp3) is 0.333. The summed E-state index contributed by atoms with van der Waals surface area (Å²) in [6.07, 6.45) is 0.493. The summed E-state index contributed by atoms with van der Waals surface area (Å²) >= 11 is 0. The SMILES string of the molecule is CC[C@@H](NC(=O)Cc1cccc(N)c1)C(=O)O. The summed E-state index contributed by atoms with van der Waals surface area (Å²) in [7, 11) is 0. The van der Waals surface area contributed by atoms with E-state index in [1.54, 1.807) is 31.2 Å². The average Bonchev–Trinajstić information content (AvgIpc) is 2.25. The number of anilines is 1. The summed E-state index contributed by atoms with van der Waals surface area (Å²) in [4.78, 5) is 22.3. The van der Waals surface area contributed by atoms with E-state index in [4.69, 9.17) is 10.8 Å². The summed E-state index contributed by atoms with van der Waals surface area (Å²) in [6.45, 7) is 1.71. The third-order valence-corrected chi connectivity index (χ3v) is 2.36. The molecule has 0 fully saturated rings. The molecule has 0 radical (unpaired) electrons. The van der Waals surface area contributed by atoms with Gasteiger partial charge < -0.3 is 16.2 Å². The van der Waals surface area contributed by atoms with Gasteiger partial charge in [-0.05, 0) is 24.1 Å². The summed E-state index contributed by atoms with van der Waals surface area (Å²) < 4.78 is 0. The second-order valence-electron chi connectivity index (χ2n) is 3.79. The van der Waals surface area contributed by atoms with Crippen LogP contribution in [0.25, 0.3) is 0 Å². The lowest BCUT2D eigenvalue weighted by molar-refractivity contribution is -0.141. The minimum absolute atomic E-state index is 0.134. The number of aliphatic carboxylic acids is 1. The van der Waals surface area contributed by atoms with Crippen molar-refractivity contribution in [3.8, 4) is 0 Å². The van der Waals surface area contributed by atoms with Gasteiger partial charge in [-0.2, -0.15) is 0 Å². The van der Waals surface area contributed by atoms with Crippen LogP contribution in [0.1, 0.15) is 18.9 Å². The van der Waals surface area contributed by atoms with Crippen LogP contribution < -0.4 is 11.1 Å². The Kier molecular flexibility index (Phi) is 4.51. The van der Waals surface area contributed by atoms with Gasteiger partial charge in [0.1, 0.15) is 6.04 Å². The van der Waals surface area contributed by atoms with Crippen molar-refractivity contribution in [2.24, 2.45) is 0 Å². The first-order valence-corrected chi connectivity index (χ1v) is 5.39. The Morgan fingerprint density at radius 2 is 2.18 bits per heavy atom. The van der Waals surface area contributed by atoms with Gasteiger partial charge in [-0.1, -0.05) is 19.1 Å². The van der Waals surface area contributed by atoms with E-state index < -0.39 is 12.0 Å². The first-order chi connectivity index (χ1) is 8.02. The Balaban J connectivity index is 2.58. The molecule has 1 atom stereocenters. The monoisotopic (exact) mass is 236 g/mol. The molecule has 17 heavy (non-hydrogen) atoms. The van der Waals surface area contributed by atoms with Gasteiger partial charge in [-0.15, -0.1) is 0 Å². The van der Waals surface area contributed by atoms with Gasteiger partial charge >= 0.3 is 5.97 Å². The molecule has 1 aromatic carbocycles. The highest BCUT2D eigenvalue weighted by molar-refractivity contribution is 5.84. The minimum atomic E-state index is -1.02. The molecule has 0 heterocycles. The molecule has 1 amide bonds. The zero-order valence-electron chi connectivity index (χ0n) is 9.64. The molecule has 0 bridgehead atoms. The molecule has 92 valence electrons. The van der Waals surface area contributed by atoms with E-state index in [0.717, 1.165) is 5.56 Å². The van der Waals surface area contributed by atoms with E-state index in [2.05, 4.69) is 5.32 Å². The van der Waals surface area contributed by atoms with Crippen molar-refractivity contribution in [2.75, 3.05) is 5.73 Å². The van der Waals surface area contributed by atoms with Crippen molar-refractivity contribution >= 4 is 17.6 Å². The lowest BCUT2D eigenvalue weighted by atomic mass is 10.1. The molecule has 5 heteroatoms. The zero-order chi connectivity index (χ0) is 12.8. The molecule has 0 saturated carbocycles. The molecule has 5 nitrogen and oxygen atoms in total. The molecule has 0 aliphatic heterocycles. The number of benzene rings is 1. The normalized spacial score (nSPS) is 11.8. The lowest BCUT2D eigenvalue weighted by Crippen LogP contribution is -2.40. The topological polar surface area (TPSA) is 92.4 Å². The molecule has 0 spiro atoms. The van der Waals surface area contributed by atoms with Gasteiger partial charge in [-0.25, -0.2) is 4.79 Å². The number of nitrogens with two attached hydrogens (primary N) is 1. The van der Waals surface area contributed by atoms with Gasteiger partial charge in [0, 0.05) is 5.69 Å². The number of rotatable bonds is 5. The van der Waals surface area contributed by atoms with Gasteiger partial charge in [0.15, 0.2) is 0 Å². The first kappa shape index (κ1) is 13.0. The summed E-state index contributed by atoms with van der Waals surface area (Å²) in [6, 6.07) is 6.13. The fourth-order valence-electron chi connectivity index (χ4n) is 1.47. The van der Waals surface area contributed by atoms with Crippen LogP contribution in [0.2, 0.25) is 0 Å². The average molecular weight is 236 g/mol. The lowest BCUT2D eigenvalue weighted by Gasteiger charge is -2.12. The zero-order valence-corrected chi connectivity index (χ0v) is 9.64. The van der Waals surface area contributed by atoms with Crippen molar-refractivity contribution in [3.05, 3.63) is 29.8 Å². The largest absolute Gasteiger partial charge is 0.480 e. The van der Waals surface area contributed by atoms with E-state index in [9.17, 15) is 9.59 Å². The number of amides is 1. The molecular weight excluding hydrogens is 220 g/mol. The molecule has 0 aromatic heterocycles. The van der Waals surface area contributed by atoms with Crippen molar-refractivity contribution in [3.63, 3.8) is 0 Å². The van der Waals surface area contributed by atoms with Gasteiger partial charge in [0.05, 0.1) is 6.42 Å². The van der Waals surface area contributed by atoms with Crippen LogP contribution in [0.3, 0.4) is 0 Å². The molecule has 0 aliphatic rings. The first-order valence-electron chi connectivity index (χ1n) is 5.39. The highest BCUT2D eigenvalue weighted by atomic mass is 16.4. The van der Waals surface area contributed by atoms with Crippen LogP contribution in [0.15, 0.2) is 24.3 Å². The van der Waals surface area contributed by atoms with E-state index in [0.29, 0.717) is 12.1 Å². The molecule has 0 unspecified atom stereocenters. The number of hydrogen-bond donors (Lipinski definition) is 3. The molecule has 4 N–H and O–H groups in total. The van der Waals surface area contributed by atoms with Gasteiger partial charge in [0.2, 0.25) is 5.91 Å². The van der Waals surface area contributed by atoms with Gasteiger partial charge in [0.25, 0.3) is 0 Å². The van der Waals surface area contributed by atoms with Crippen molar-refractivity contribution < 1.29 is 14.7 Å². The predicted octanol–water partition coefficient (Wildman–Crippen LogP) is 0.791. The summed E-state index contributed by atoms with van der Waals surface area (Å²) in [5.41, 5.74) is 6.93. The molecule has 1 rings (SSSR count). The van der Waals surface area contributed by atoms with Gasteiger partial charge in [-0.3, -0.25) is 4.79 Å². The second-order valence-corrected chi connectivity index (χ2v) is 3.79. The number of carbonyl (C=O) groups is 2.